The Morgan fingerprint density at radius 3 is 2.48 bits per heavy atom. The fraction of sp³-hybridized carbons (Fsp3) is 0.381. The van der Waals surface area contributed by atoms with Gasteiger partial charge in [-0.3, -0.25) is 0 Å². The Hall–Kier alpha value is -2.33. The van der Waals surface area contributed by atoms with Crippen molar-refractivity contribution >= 4 is 40.5 Å². The molecule has 1 aromatic heterocycles. The van der Waals surface area contributed by atoms with E-state index >= 15 is 0 Å². The summed E-state index contributed by atoms with van der Waals surface area (Å²) in [5.41, 5.74) is 3.44. The van der Waals surface area contributed by atoms with Crippen LogP contribution < -0.4 is 24.9 Å². The molecule has 2 heterocycles. The summed E-state index contributed by atoms with van der Waals surface area (Å²) in [6.45, 7) is 4.03. The number of phenols is 2. The molecule has 0 atom stereocenters. The number of anilines is 1. The van der Waals surface area contributed by atoms with Gasteiger partial charge in [0, 0.05) is 0 Å². The minimum atomic E-state index is -0.123. The quantitative estimate of drug-likeness (QED) is 0.101. The molecule has 3 aromatic rings. The van der Waals surface area contributed by atoms with Crippen LogP contribution in [-0.2, 0) is 6.54 Å². The normalized spacial score (nSPS) is 12.3. The Bertz CT molecular complexity index is 1070. The van der Waals surface area contributed by atoms with Crippen LogP contribution in [0.4, 0.5) is 5.69 Å². The summed E-state index contributed by atoms with van der Waals surface area (Å²) < 4.78 is 3.98. The molecule has 0 radical (unpaired) electrons. The number of aromatic hydroxyl groups is 2. The van der Waals surface area contributed by atoms with Crippen molar-refractivity contribution in [2.24, 2.45) is 0 Å². The van der Waals surface area contributed by atoms with Crippen molar-refractivity contribution < 1.29 is 20.4 Å². The molecule has 9 nitrogen and oxygen atoms in total. The van der Waals surface area contributed by atoms with E-state index in [-0.39, 0.29) is 39.7 Å². The Labute approximate surface area is 186 Å². The van der Waals surface area contributed by atoms with Crippen LogP contribution in [0, 0.1) is 0 Å². The van der Waals surface area contributed by atoms with E-state index in [2.05, 4.69) is 22.0 Å². The van der Waals surface area contributed by atoms with E-state index in [9.17, 15) is 10.2 Å². The van der Waals surface area contributed by atoms with Gasteiger partial charge >= 0.3 is 186 Å². The maximum absolute atomic E-state index is 10.6. The van der Waals surface area contributed by atoms with Crippen LogP contribution in [0.5, 0.6) is 11.5 Å². The first-order valence-electron chi connectivity index (χ1n) is 10.3. The molecule has 166 valence electrons. The molecule has 10 heteroatoms. The van der Waals surface area contributed by atoms with E-state index in [1.807, 2.05) is 10.7 Å². The topological polar surface area (TPSA) is 135 Å². The predicted octanol–water partition coefficient (Wildman–Crippen LogP) is -1.34. The molecule has 0 unspecified atom stereocenters. The molecule has 0 amide bonds. The molecule has 0 saturated carbocycles. The van der Waals surface area contributed by atoms with Gasteiger partial charge in [0.25, 0.3) is 0 Å². The molecular weight excluding hydrogens is 465 g/mol. The minimum absolute atomic E-state index is 0.0408. The number of aliphatic hydroxyl groups excluding tert-OH is 2. The number of hydrogen-bond donors (Lipinski definition) is 7. The zero-order valence-corrected chi connectivity index (χ0v) is 18.8. The van der Waals surface area contributed by atoms with Gasteiger partial charge in [0.2, 0.25) is 0 Å². The summed E-state index contributed by atoms with van der Waals surface area (Å²) >= 11 is -0.123. The Balaban J connectivity index is 1.72. The monoisotopic (exact) mass is 493 g/mol. The molecule has 31 heavy (non-hydrogen) atoms. The number of rotatable bonds is 11. The van der Waals surface area contributed by atoms with E-state index in [1.165, 1.54) is 6.07 Å². The third-order valence-electron chi connectivity index (χ3n) is 5.08. The van der Waals surface area contributed by atoms with Gasteiger partial charge in [0.15, 0.2) is 0 Å². The van der Waals surface area contributed by atoms with Crippen LogP contribution in [-0.4, -0.2) is 91.1 Å². The molecule has 0 saturated heterocycles. The molecule has 0 spiro atoms. The van der Waals surface area contributed by atoms with Crippen molar-refractivity contribution in [3.05, 3.63) is 24.3 Å². The first-order valence-corrected chi connectivity index (χ1v) is 12.0. The van der Waals surface area contributed by atoms with E-state index in [0.29, 0.717) is 38.3 Å². The van der Waals surface area contributed by atoms with E-state index in [0.717, 1.165) is 37.8 Å². The van der Waals surface area contributed by atoms with E-state index < -0.39 is 0 Å². The van der Waals surface area contributed by atoms with E-state index in [1.54, 1.807) is 6.07 Å². The Kier molecular flexibility index (Phi) is 6.96. The van der Waals surface area contributed by atoms with Crippen LogP contribution in [0.3, 0.4) is 0 Å². The molecule has 0 fully saturated rings. The van der Waals surface area contributed by atoms with Gasteiger partial charge in [-0.1, -0.05) is 0 Å². The van der Waals surface area contributed by atoms with Gasteiger partial charge in [0.05, 0.1) is 0 Å². The van der Waals surface area contributed by atoms with Crippen molar-refractivity contribution in [1.29, 1.82) is 0 Å². The average Bonchev–Trinajstić information content (AvgIpc) is 3.11. The van der Waals surface area contributed by atoms with Crippen LogP contribution in [0.25, 0.3) is 22.2 Å². The van der Waals surface area contributed by atoms with Gasteiger partial charge in [-0.25, -0.2) is 0 Å². The number of nitrogens with one attached hydrogen (secondary N) is 3. The third kappa shape index (κ3) is 4.50. The maximum atomic E-state index is 10.6. The second kappa shape index (κ2) is 9.86. The van der Waals surface area contributed by atoms with Crippen LogP contribution in [0.15, 0.2) is 24.3 Å². The Morgan fingerprint density at radius 1 is 0.935 bits per heavy atom. The third-order valence-corrected chi connectivity index (χ3v) is 7.54. The standard InChI is InChI=1S/C21H27N5O4Se/c27-9-6-22-3-4-24-14-1-2-15-18-20(25-26(15)8-5-23-7-10-28)19-16(30)11-13(29)12-17(19)31-21(14)18/h1-2,11-12,22-24,27-30H,3-10H2. The fourth-order valence-electron chi connectivity index (χ4n) is 3.73. The molecule has 2 aromatic carbocycles. The fourth-order valence-corrected chi connectivity index (χ4v) is 6.36. The van der Waals surface area contributed by atoms with Crippen LogP contribution in [0.1, 0.15) is 0 Å². The molecule has 1 aliphatic heterocycles. The predicted molar refractivity (Wildman–Crippen MR) is 122 cm³/mol. The molecule has 1 aliphatic rings. The summed E-state index contributed by atoms with van der Waals surface area (Å²) in [4.78, 5) is 0. The molecule has 7 N–H and O–H groups in total. The van der Waals surface area contributed by atoms with Crippen molar-refractivity contribution in [3.8, 4) is 22.8 Å². The number of aromatic nitrogens is 2. The van der Waals surface area contributed by atoms with Crippen molar-refractivity contribution in [1.82, 2.24) is 20.4 Å². The van der Waals surface area contributed by atoms with Crippen molar-refractivity contribution in [2.75, 3.05) is 51.3 Å². The second-order valence-electron chi connectivity index (χ2n) is 7.22. The number of benzene rings is 2. The number of nitrogens with zero attached hydrogens (tertiary/aromatic N) is 2. The van der Waals surface area contributed by atoms with Gasteiger partial charge in [-0.2, -0.15) is 0 Å². The summed E-state index contributed by atoms with van der Waals surface area (Å²) in [6.07, 6.45) is 0. The molecule has 4 rings (SSSR count). The zero-order valence-electron chi connectivity index (χ0n) is 17.1. The second-order valence-corrected chi connectivity index (χ2v) is 9.43. The van der Waals surface area contributed by atoms with Gasteiger partial charge in [-0.15, -0.1) is 0 Å². The number of aliphatic hydroxyl groups is 2. The zero-order chi connectivity index (χ0) is 21.8. The van der Waals surface area contributed by atoms with Gasteiger partial charge in [-0.05, 0) is 0 Å². The first-order chi connectivity index (χ1) is 15.1. The van der Waals surface area contributed by atoms with Crippen molar-refractivity contribution in [2.45, 2.75) is 6.54 Å². The van der Waals surface area contributed by atoms with Gasteiger partial charge < -0.3 is 0 Å². The summed E-state index contributed by atoms with van der Waals surface area (Å²) in [7, 11) is 0. The first kappa shape index (κ1) is 21.9. The Morgan fingerprint density at radius 2 is 1.71 bits per heavy atom. The van der Waals surface area contributed by atoms with E-state index in [4.69, 9.17) is 15.3 Å². The number of fused-ring (bicyclic) bond motifs is 2. The molecular formula is C21H27N5O4Se. The molecule has 0 bridgehead atoms. The SMILES string of the molecule is OCCNCCNc1ccc2c3c(nn2CCNCCO)-c2c(O)cc(O)cc2[Se]c13. The summed E-state index contributed by atoms with van der Waals surface area (Å²) in [5.74, 6) is 0.0862. The number of hydrogen-bond acceptors (Lipinski definition) is 8. The average molecular weight is 492 g/mol. The van der Waals surface area contributed by atoms with Crippen molar-refractivity contribution in [3.63, 3.8) is 0 Å². The number of phenolic OH excluding ortho intramolecular Hbond substituents is 2. The summed E-state index contributed by atoms with van der Waals surface area (Å²) in [6, 6.07) is 7.18. The van der Waals surface area contributed by atoms with Gasteiger partial charge in [0.1, 0.15) is 0 Å². The van der Waals surface area contributed by atoms with Crippen LogP contribution in [0.2, 0.25) is 0 Å². The van der Waals surface area contributed by atoms with Crippen LogP contribution >= 0.6 is 0 Å². The summed E-state index contributed by atoms with van der Waals surface area (Å²) in [5, 5.41) is 54.2. The molecule has 0 aliphatic carbocycles.